The molecule has 0 radical (unpaired) electrons. The lowest BCUT2D eigenvalue weighted by molar-refractivity contribution is -0.133. The molecule has 0 spiro atoms. The van der Waals surface area contributed by atoms with Crippen LogP contribution in [0.2, 0.25) is 0 Å². The molecular formula is C15H22N2O. The maximum absolute atomic E-state index is 11.8. The lowest BCUT2D eigenvalue weighted by Gasteiger charge is -2.41. The zero-order valence-electron chi connectivity index (χ0n) is 11.5. The SMILES string of the molecule is CCC(=O)N1CCN(c2ccc(C)cc2)C[C@H]1C. The summed E-state index contributed by atoms with van der Waals surface area (Å²) in [5, 5.41) is 0. The zero-order chi connectivity index (χ0) is 13.1. The first kappa shape index (κ1) is 12.9. The molecule has 2 rings (SSSR count). The van der Waals surface area contributed by atoms with E-state index in [1.807, 2.05) is 11.8 Å². The zero-order valence-corrected chi connectivity index (χ0v) is 11.5. The third-order valence-corrected chi connectivity index (χ3v) is 3.65. The van der Waals surface area contributed by atoms with Crippen molar-refractivity contribution in [2.45, 2.75) is 33.2 Å². The number of amides is 1. The highest BCUT2D eigenvalue weighted by Gasteiger charge is 2.26. The average Bonchev–Trinajstić information content (AvgIpc) is 2.38. The molecule has 1 aliphatic heterocycles. The first-order valence-corrected chi connectivity index (χ1v) is 6.73. The molecule has 1 aromatic carbocycles. The molecular weight excluding hydrogens is 224 g/mol. The van der Waals surface area contributed by atoms with Gasteiger partial charge >= 0.3 is 0 Å². The number of piperazine rings is 1. The number of aryl methyl sites for hydroxylation is 1. The Balaban J connectivity index is 2.04. The van der Waals surface area contributed by atoms with Gasteiger partial charge < -0.3 is 9.80 Å². The van der Waals surface area contributed by atoms with Crippen molar-refractivity contribution in [3.8, 4) is 0 Å². The fourth-order valence-corrected chi connectivity index (χ4v) is 2.52. The summed E-state index contributed by atoms with van der Waals surface area (Å²) >= 11 is 0. The van der Waals surface area contributed by atoms with E-state index in [9.17, 15) is 4.79 Å². The molecule has 0 unspecified atom stereocenters. The second-order valence-electron chi connectivity index (χ2n) is 5.07. The normalized spacial score (nSPS) is 20.1. The Morgan fingerprint density at radius 3 is 2.50 bits per heavy atom. The Kier molecular flexibility index (Phi) is 3.90. The van der Waals surface area contributed by atoms with Crippen LogP contribution in [-0.4, -0.2) is 36.5 Å². The van der Waals surface area contributed by atoms with Gasteiger partial charge in [0.2, 0.25) is 5.91 Å². The van der Waals surface area contributed by atoms with Crippen LogP contribution in [0.25, 0.3) is 0 Å². The monoisotopic (exact) mass is 246 g/mol. The minimum absolute atomic E-state index is 0.269. The molecule has 98 valence electrons. The Morgan fingerprint density at radius 1 is 1.28 bits per heavy atom. The standard InChI is InChI=1S/C15H22N2O/c1-4-15(18)17-10-9-16(11-13(17)3)14-7-5-12(2)6-8-14/h5-8,13H,4,9-11H2,1-3H3/t13-/m1/s1. The molecule has 1 aliphatic rings. The lowest BCUT2D eigenvalue weighted by Crippen LogP contribution is -2.54. The molecule has 18 heavy (non-hydrogen) atoms. The largest absolute Gasteiger partial charge is 0.368 e. The van der Waals surface area contributed by atoms with Crippen molar-refractivity contribution in [1.29, 1.82) is 0 Å². The van der Waals surface area contributed by atoms with Crippen molar-refractivity contribution < 1.29 is 4.79 Å². The van der Waals surface area contributed by atoms with Gasteiger partial charge in [-0.25, -0.2) is 0 Å². The van der Waals surface area contributed by atoms with Gasteiger partial charge in [0.1, 0.15) is 0 Å². The number of hydrogen-bond acceptors (Lipinski definition) is 2. The number of carbonyl (C=O) groups is 1. The highest BCUT2D eigenvalue weighted by Crippen LogP contribution is 2.20. The van der Waals surface area contributed by atoms with Crippen LogP contribution >= 0.6 is 0 Å². The summed E-state index contributed by atoms with van der Waals surface area (Å²) in [7, 11) is 0. The summed E-state index contributed by atoms with van der Waals surface area (Å²) in [5.74, 6) is 0.269. The van der Waals surface area contributed by atoms with E-state index in [0.717, 1.165) is 19.6 Å². The van der Waals surface area contributed by atoms with Gasteiger partial charge in [0, 0.05) is 37.8 Å². The van der Waals surface area contributed by atoms with Crippen molar-refractivity contribution in [3.63, 3.8) is 0 Å². The van der Waals surface area contributed by atoms with E-state index in [0.29, 0.717) is 12.5 Å². The fourth-order valence-electron chi connectivity index (χ4n) is 2.52. The molecule has 0 aliphatic carbocycles. The third kappa shape index (κ3) is 2.66. The van der Waals surface area contributed by atoms with Gasteiger partial charge in [-0.2, -0.15) is 0 Å². The molecule has 1 fully saturated rings. The van der Waals surface area contributed by atoms with Crippen molar-refractivity contribution in [2.75, 3.05) is 24.5 Å². The molecule has 0 aromatic heterocycles. The van der Waals surface area contributed by atoms with Crippen LogP contribution in [0, 0.1) is 6.92 Å². The Bertz CT molecular complexity index is 413. The van der Waals surface area contributed by atoms with E-state index in [2.05, 4.69) is 43.0 Å². The van der Waals surface area contributed by atoms with Crippen LogP contribution in [0.3, 0.4) is 0 Å². The molecule has 1 aromatic rings. The predicted octanol–water partition coefficient (Wildman–Crippen LogP) is 2.44. The van der Waals surface area contributed by atoms with Gasteiger partial charge in [-0.1, -0.05) is 24.6 Å². The quantitative estimate of drug-likeness (QED) is 0.800. The van der Waals surface area contributed by atoms with Gasteiger partial charge in [0.15, 0.2) is 0 Å². The number of carbonyl (C=O) groups excluding carboxylic acids is 1. The van der Waals surface area contributed by atoms with Crippen LogP contribution < -0.4 is 4.90 Å². The van der Waals surface area contributed by atoms with Gasteiger partial charge in [-0.05, 0) is 26.0 Å². The van der Waals surface area contributed by atoms with Crippen molar-refractivity contribution in [2.24, 2.45) is 0 Å². The summed E-state index contributed by atoms with van der Waals surface area (Å²) in [4.78, 5) is 16.1. The van der Waals surface area contributed by atoms with Gasteiger partial charge in [-0.15, -0.1) is 0 Å². The average molecular weight is 246 g/mol. The summed E-state index contributed by atoms with van der Waals surface area (Å²) in [6.45, 7) is 8.86. The Hall–Kier alpha value is -1.51. The number of rotatable bonds is 2. The van der Waals surface area contributed by atoms with E-state index >= 15 is 0 Å². The van der Waals surface area contributed by atoms with Crippen molar-refractivity contribution in [3.05, 3.63) is 29.8 Å². The van der Waals surface area contributed by atoms with Gasteiger partial charge in [-0.3, -0.25) is 4.79 Å². The second kappa shape index (κ2) is 5.42. The predicted molar refractivity (Wildman–Crippen MR) is 74.9 cm³/mol. The van der Waals surface area contributed by atoms with Crippen molar-refractivity contribution >= 4 is 11.6 Å². The van der Waals surface area contributed by atoms with Crippen LogP contribution in [0.5, 0.6) is 0 Å². The van der Waals surface area contributed by atoms with Crippen LogP contribution in [0.1, 0.15) is 25.8 Å². The third-order valence-electron chi connectivity index (χ3n) is 3.65. The molecule has 0 N–H and O–H groups in total. The molecule has 1 saturated heterocycles. The summed E-state index contributed by atoms with van der Waals surface area (Å²) in [6, 6.07) is 8.92. The second-order valence-corrected chi connectivity index (χ2v) is 5.07. The highest BCUT2D eigenvalue weighted by atomic mass is 16.2. The number of anilines is 1. The lowest BCUT2D eigenvalue weighted by atomic mass is 10.1. The molecule has 1 amide bonds. The van der Waals surface area contributed by atoms with Crippen molar-refractivity contribution in [1.82, 2.24) is 4.90 Å². The Labute approximate surface area is 109 Å². The fraction of sp³-hybridized carbons (Fsp3) is 0.533. The number of hydrogen-bond donors (Lipinski definition) is 0. The molecule has 3 heteroatoms. The number of benzene rings is 1. The van der Waals surface area contributed by atoms with Gasteiger partial charge in [0.05, 0.1) is 0 Å². The summed E-state index contributed by atoms with van der Waals surface area (Å²) < 4.78 is 0. The summed E-state index contributed by atoms with van der Waals surface area (Å²) in [6.07, 6.45) is 0.606. The molecule has 0 saturated carbocycles. The van der Waals surface area contributed by atoms with E-state index in [1.165, 1.54) is 11.3 Å². The Morgan fingerprint density at radius 2 is 1.94 bits per heavy atom. The molecule has 1 heterocycles. The number of nitrogens with zero attached hydrogens (tertiary/aromatic N) is 2. The highest BCUT2D eigenvalue weighted by molar-refractivity contribution is 5.76. The molecule has 0 bridgehead atoms. The maximum Gasteiger partial charge on any atom is 0.222 e. The van der Waals surface area contributed by atoms with E-state index in [-0.39, 0.29) is 5.91 Å². The van der Waals surface area contributed by atoms with Crippen LogP contribution in [0.4, 0.5) is 5.69 Å². The van der Waals surface area contributed by atoms with Crippen LogP contribution in [0.15, 0.2) is 24.3 Å². The molecule has 1 atom stereocenters. The summed E-state index contributed by atoms with van der Waals surface area (Å²) in [5.41, 5.74) is 2.54. The minimum Gasteiger partial charge on any atom is -0.368 e. The first-order chi connectivity index (χ1) is 8.61. The smallest absolute Gasteiger partial charge is 0.222 e. The topological polar surface area (TPSA) is 23.6 Å². The maximum atomic E-state index is 11.8. The van der Waals surface area contributed by atoms with E-state index in [1.54, 1.807) is 0 Å². The van der Waals surface area contributed by atoms with E-state index < -0.39 is 0 Å². The van der Waals surface area contributed by atoms with Crippen LogP contribution in [-0.2, 0) is 4.79 Å². The first-order valence-electron chi connectivity index (χ1n) is 6.73. The minimum atomic E-state index is 0.269. The molecule has 3 nitrogen and oxygen atoms in total. The van der Waals surface area contributed by atoms with Gasteiger partial charge in [0.25, 0.3) is 0 Å². The van der Waals surface area contributed by atoms with E-state index in [4.69, 9.17) is 0 Å².